The van der Waals surface area contributed by atoms with Crippen LogP contribution in [0.15, 0.2) is 36.4 Å². The molecule has 0 saturated heterocycles. The summed E-state index contributed by atoms with van der Waals surface area (Å²) in [5.41, 5.74) is 5.28. The summed E-state index contributed by atoms with van der Waals surface area (Å²) >= 11 is 0. The zero-order chi connectivity index (χ0) is 18.4. The first kappa shape index (κ1) is 18.6. The lowest BCUT2D eigenvalue weighted by molar-refractivity contribution is -0.123. The van der Waals surface area contributed by atoms with Crippen LogP contribution in [0.5, 0.6) is 5.75 Å². The van der Waals surface area contributed by atoms with Gasteiger partial charge in [-0.15, -0.1) is 0 Å². The number of hydrogen-bond acceptors (Lipinski definition) is 3. The van der Waals surface area contributed by atoms with Crippen LogP contribution in [0.2, 0.25) is 0 Å². The minimum Gasteiger partial charge on any atom is -0.484 e. The lowest BCUT2D eigenvalue weighted by atomic mass is 10.2. The van der Waals surface area contributed by atoms with E-state index in [0.717, 1.165) is 11.4 Å². The Labute approximate surface area is 148 Å². The zero-order valence-corrected chi connectivity index (χ0v) is 15.1. The van der Waals surface area contributed by atoms with Crippen LogP contribution in [0.3, 0.4) is 0 Å². The van der Waals surface area contributed by atoms with Crippen LogP contribution in [-0.2, 0) is 4.79 Å². The van der Waals surface area contributed by atoms with Gasteiger partial charge in [0.25, 0.3) is 11.8 Å². The van der Waals surface area contributed by atoms with Gasteiger partial charge in [-0.25, -0.2) is 0 Å². The smallest absolute Gasteiger partial charge is 0.270 e. The van der Waals surface area contributed by atoms with Gasteiger partial charge in [0, 0.05) is 23.5 Å². The van der Waals surface area contributed by atoms with Crippen molar-refractivity contribution in [2.75, 3.05) is 18.6 Å². The van der Waals surface area contributed by atoms with Gasteiger partial charge in [0.1, 0.15) is 5.75 Å². The molecule has 0 aliphatic carbocycles. The van der Waals surface area contributed by atoms with Crippen molar-refractivity contribution >= 4 is 11.8 Å². The van der Waals surface area contributed by atoms with E-state index in [9.17, 15) is 9.59 Å². The first-order valence-electron chi connectivity index (χ1n) is 8.32. The van der Waals surface area contributed by atoms with Crippen LogP contribution in [0, 0.1) is 19.8 Å². The second kappa shape index (κ2) is 8.37. The fourth-order valence-corrected chi connectivity index (χ4v) is 2.23. The summed E-state index contributed by atoms with van der Waals surface area (Å²) in [7, 11) is 0. The van der Waals surface area contributed by atoms with Crippen molar-refractivity contribution < 1.29 is 14.3 Å². The van der Waals surface area contributed by atoms with Gasteiger partial charge in [0.05, 0.1) is 0 Å². The quantitative estimate of drug-likeness (QED) is 0.812. The maximum atomic E-state index is 12.3. The fourth-order valence-electron chi connectivity index (χ4n) is 2.23. The fraction of sp³-hybridized carbons (Fsp3) is 0.368. The molecule has 134 valence electrons. The molecule has 1 aromatic heterocycles. The van der Waals surface area contributed by atoms with Crippen LogP contribution in [0.4, 0.5) is 0 Å². The van der Waals surface area contributed by atoms with Crippen LogP contribution >= 0.6 is 0 Å². The predicted molar refractivity (Wildman–Crippen MR) is 97.4 cm³/mol. The van der Waals surface area contributed by atoms with Crippen LogP contribution < -0.4 is 15.5 Å². The number of aromatic nitrogens is 1. The van der Waals surface area contributed by atoms with Crippen LogP contribution in [0.1, 0.15) is 35.6 Å². The number of ether oxygens (including phenoxy) is 1. The molecule has 0 aliphatic rings. The minimum absolute atomic E-state index is 0.0416. The summed E-state index contributed by atoms with van der Waals surface area (Å²) < 4.78 is 7.17. The van der Waals surface area contributed by atoms with E-state index in [1.165, 1.54) is 0 Å². The van der Waals surface area contributed by atoms with Gasteiger partial charge in [-0.1, -0.05) is 13.8 Å². The van der Waals surface area contributed by atoms with Gasteiger partial charge in [0.15, 0.2) is 6.61 Å². The van der Waals surface area contributed by atoms with E-state index in [2.05, 4.69) is 10.7 Å². The summed E-state index contributed by atoms with van der Waals surface area (Å²) in [6.45, 7) is 8.49. The van der Waals surface area contributed by atoms with Gasteiger partial charge in [-0.05, 0) is 56.2 Å². The van der Waals surface area contributed by atoms with E-state index in [1.54, 1.807) is 28.9 Å². The Balaban J connectivity index is 1.89. The molecular weight excluding hydrogens is 318 g/mol. The Hall–Kier alpha value is -2.76. The molecule has 0 fully saturated rings. The van der Waals surface area contributed by atoms with E-state index in [4.69, 9.17) is 4.74 Å². The van der Waals surface area contributed by atoms with Gasteiger partial charge in [-0.2, -0.15) is 0 Å². The molecule has 2 amide bonds. The predicted octanol–water partition coefficient (Wildman–Crippen LogP) is 2.64. The minimum atomic E-state index is -0.205. The number of aryl methyl sites for hydroxylation is 2. The Kier molecular flexibility index (Phi) is 6.22. The van der Waals surface area contributed by atoms with Gasteiger partial charge in [0.2, 0.25) is 0 Å². The average molecular weight is 343 g/mol. The van der Waals surface area contributed by atoms with Crippen LogP contribution in [0.25, 0.3) is 0 Å². The zero-order valence-electron chi connectivity index (χ0n) is 15.1. The molecule has 0 unspecified atom stereocenters. The molecule has 0 radical (unpaired) electrons. The molecule has 6 heteroatoms. The Morgan fingerprint density at radius 3 is 2.20 bits per heavy atom. The maximum Gasteiger partial charge on any atom is 0.270 e. The molecule has 25 heavy (non-hydrogen) atoms. The second-order valence-electron chi connectivity index (χ2n) is 6.40. The monoisotopic (exact) mass is 343 g/mol. The van der Waals surface area contributed by atoms with Crippen molar-refractivity contribution in [2.24, 2.45) is 5.92 Å². The third-order valence-corrected chi connectivity index (χ3v) is 3.68. The molecule has 1 heterocycles. The Morgan fingerprint density at radius 2 is 1.64 bits per heavy atom. The first-order valence-corrected chi connectivity index (χ1v) is 8.32. The number of rotatable bonds is 7. The lowest BCUT2D eigenvalue weighted by Crippen LogP contribution is -2.31. The molecule has 0 atom stereocenters. The third kappa shape index (κ3) is 5.38. The van der Waals surface area contributed by atoms with Crippen molar-refractivity contribution in [1.29, 1.82) is 0 Å². The lowest BCUT2D eigenvalue weighted by Gasteiger charge is -2.12. The molecule has 0 saturated carbocycles. The highest BCUT2D eigenvalue weighted by atomic mass is 16.5. The molecule has 2 N–H and O–H groups in total. The summed E-state index contributed by atoms with van der Waals surface area (Å²) in [6.07, 6.45) is 0. The van der Waals surface area contributed by atoms with Crippen molar-refractivity contribution in [3.05, 3.63) is 53.3 Å². The van der Waals surface area contributed by atoms with E-state index in [-0.39, 0.29) is 18.4 Å². The van der Waals surface area contributed by atoms with Gasteiger partial charge >= 0.3 is 0 Å². The SMILES string of the molecule is Cc1ccc(C)n1NC(=O)c1ccc(OCC(=O)NCC(C)C)cc1. The molecule has 2 rings (SSSR count). The molecule has 0 spiro atoms. The molecule has 0 aliphatic heterocycles. The number of carbonyl (C=O) groups excluding carboxylic acids is 2. The number of amides is 2. The Bertz CT molecular complexity index is 713. The molecule has 0 bridgehead atoms. The summed E-state index contributed by atoms with van der Waals surface area (Å²) in [6, 6.07) is 10.6. The average Bonchev–Trinajstić information content (AvgIpc) is 2.90. The summed E-state index contributed by atoms with van der Waals surface area (Å²) in [5, 5.41) is 2.79. The third-order valence-electron chi connectivity index (χ3n) is 3.68. The van der Waals surface area contributed by atoms with Crippen molar-refractivity contribution in [1.82, 2.24) is 9.99 Å². The number of carbonyl (C=O) groups is 2. The molecule has 1 aromatic carbocycles. The highest BCUT2D eigenvalue weighted by molar-refractivity contribution is 6.00. The number of nitrogens with one attached hydrogen (secondary N) is 2. The second-order valence-corrected chi connectivity index (χ2v) is 6.40. The van der Waals surface area contributed by atoms with E-state index < -0.39 is 0 Å². The standard InChI is InChI=1S/C19H25N3O3/c1-13(2)11-20-18(23)12-25-17-9-7-16(8-10-17)19(24)21-22-14(3)5-6-15(22)4/h5-10,13H,11-12H2,1-4H3,(H,20,23)(H,21,24). The van der Waals surface area contributed by atoms with Crippen molar-refractivity contribution in [3.63, 3.8) is 0 Å². The van der Waals surface area contributed by atoms with Crippen molar-refractivity contribution in [3.8, 4) is 5.75 Å². The van der Waals surface area contributed by atoms with Crippen molar-refractivity contribution in [2.45, 2.75) is 27.7 Å². The molecular formula is C19H25N3O3. The first-order chi connectivity index (χ1) is 11.9. The van der Waals surface area contributed by atoms with Gasteiger partial charge in [-0.3, -0.25) is 19.7 Å². The number of nitrogens with zero attached hydrogens (tertiary/aromatic N) is 1. The van der Waals surface area contributed by atoms with Crippen LogP contribution in [-0.4, -0.2) is 29.6 Å². The normalized spacial score (nSPS) is 10.6. The van der Waals surface area contributed by atoms with E-state index in [1.807, 2.05) is 39.8 Å². The Morgan fingerprint density at radius 1 is 1.04 bits per heavy atom. The maximum absolute atomic E-state index is 12.3. The highest BCUT2D eigenvalue weighted by Crippen LogP contribution is 2.13. The van der Waals surface area contributed by atoms with E-state index in [0.29, 0.717) is 23.8 Å². The largest absolute Gasteiger partial charge is 0.484 e. The highest BCUT2D eigenvalue weighted by Gasteiger charge is 2.09. The number of benzene rings is 1. The van der Waals surface area contributed by atoms with Gasteiger partial charge < -0.3 is 10.1 Å². The summed E-state index contributed by atoms with van der Waals surface area (Å²) in [4.78, 5) is 23.9. The molecule has 6 nitrogen and oxygen atoms in total. The molecule has 2 aromatic rings. The number of hydrogen-bond donors (Lipinski definition) is 2. The van der Waals surface area contributed by atoms with E-state index >= 15 is 0 Å². The topological polar surface area (TPSA) is 72.4 Å². The summed E-state index contributed by atoms with van der Waals surface area (Å²) in [5.74, 6) is 0.580.